The number of ether oxygens (including phenoxy) is 1. The summed E-state index contributed by atoms with van der Waals surface area (Å²) in [6, 6.07) is 9.27. The monoisotopic (exact) mass is 298 g/mol. The Morgan fingerprint density at radius 3 is 2.91 bits per heavy atom. The van der Waals surface area contributed by atoms with Gasteiger partial charge >= 0.3 is 0 Å². The van der Waals surface area contributed by atoms with Gasteiger partial charge in [0.25, 0.3) is 0 Å². The number of fused-ring (bicyclic) bond motifs is 1. The van der Waals surface area contributed by atoms with Crippen molar-refractivity contribution in [3.8, 4) is 5.75 Å². The number of pyridine rings is 1. The molecule has 0 saturated carbocycles. The fourth-order valence-electron chi connectivity index (χ4n) is 2.16. The molecule has 0 unspecified atom stereocenters. The Morgan fingerprint density at radius 2 is 2.14 bits per heavy atom. The molecule has 2 aromatic heterocycles. The minimum Gasteiger partial charge on any atom is -0.488 e. The van der Waals surface area contributed by atoms with Gasteiger partial charge in [0.1, 0.15) is 5.52 Å². The summed E-state index contributed by atoms with van der Waals surface area (Å²) in [5.74, 6) is 0.724. The first-order valence-electron chi connectivity index (χ1n) is 7.26. The van der Waals surface area contributed by atoms with E-state index < -0.39 is 0 Å². The average molecular weight is 298 g/mol. The van der Waals surface area contributed by atoms with E-state index in [4.69, 9.17) is 4.74 Å². The maximum absolute atomic E-state index is 12.1. The number of nitrogens with one attached hydrogen (secondary N) is 1. The van der Waals surface area contributed by atoms with Crippen LogP contribution < -0.4 is 10.2 Å². The Kier molecular flexibility index (Phi) is 3.91. The lowest BCUT2D eigenvalue weighted by Gasteiger charge is -2.08. The molecule has 0 atom stereocenters. The zero-order valence-corrected chi connectivity index (χ0v) is 12.6. The van der Waals surface area contributed by atoms with Crippen molar-refractivity contribution in [2.75, 3.05) is 6.61 Å². The van der Waals surface area contributed by atoms with Crippen LogP contribution in [0.25, 0.3) is 11.0 Å². The number of hydrogen-bond acceptors (Lipinski definition) is 4. The lowest BCUT2D eigenvalue weighted by atomic mass is 10.2. The van der Waals surface area contributed by atoms with Gasteiger partial charge in [0.15, 0.2) is 5.75 Å². The average Bonchev–Trinajstić information content (AvgIpc) is 2.90. The standard InChI is InChI=1S/C16H18N4O2/c1-11(2)10-22-16-8-17-12(7-15(16)21)9-20-14-6-4-3-5-13(14)18-19-20/h3-8,11H,9-10H2,1-2H3,(H,17,21). The number of aromatic amines is 1. The molecule has 6 heteroatoms. The fraction of sp³-hybridized carbons (Fsp3) is 0.312. The number of hydrogen-bond donors (Lipinski definition) is 1. The van der Waals surface area contributed by atoms with Gasteiger partial charge in [0, 0.05) is 18.0 Å². The third-order valence-electron chi connectivity index (χ3n) is 3.25. The number of nitrogens with zero attached hydrogens (tertiary/aromatic N) is 3. The van der Waals surface area contributed by atoms with Gasteiger partial charge < -0.3 is 9.72 Å². The van der Waals surface area contributed by atoms with Crippen molar-refractivity contribution >= 4 is 11.0 Å². The minimum absolute atomic E-state index is 0.126. The van der Waals surface area contributed by atoms with E-state index in [1.54, 1.807) is 16.9 Å². The summed E-state index contributed by atoms with van der Waals surface area (Å²) in [5.41, 5.74) is 2.40. The largest absolute Gasteiger partial charge is 0.488 e. The molecule has 1 aromatic carbocycles. The Bertz CT molecular complexity index is 835. The molecule has 0 radical (unpaired) electrons. The second kappa shape index (κ2) is 6.01. The van der Waals surface area contributed by atoms with Crippen LogP contribution >= 0.6 is 0 Å². The highest BCUT2D eigenvalue weighted by atomic mass is 16.5. The maximum Gasteiger partial charge on any atom is 0.223 e. The van der Waals surface area contributed by atoms with Crippen LogP contribution in [0.5, 0.6) is 5.75 Å². The van der Waals surface area contributed by atoms with Crippen molar-refractivity contribution in [3.63, 3.8) is 0 Å². The Hall–Kier alpha value is -2.63. The van der Waals surface area contributed by atoms with Crippen LogP contribution in [0, 0.1) is 5.92 Å². The van der Waals surface area contributed by atoms with Crippen LogP contribution in [0.4, 0.5) is 0 Å². The number of aromatic nitrogens is 4. The molecule has 0 aliphatic rings. The lowest BCUT2D eigenvalue weighted by Crippen LogP contribution is -2.14. The zero-order valence-electron chi connectivity index (χ0n) is 12.6. The highest BCUT2D eigenvalue weighted by Crippen LogP contribution is 2.11. The predicted octanol–water partition coefficient (Wildman–Crippen LogP) is 2.20. The van der Waals surface area contributed by atoms with Crippen LogP contribution in [0.1, 0.15) is 19.5 Å². The number of para-hydroxylation sites is 1. The molecule has 0 spiro atoms. The molecule has 0 aliphatic heterocycles. The second-order valence-corrected chi connectivity index (χ2v) is 5.63. The fourth-order valence-corrected chi connectivity index (χ4v) is 2.16. The van der Waals surface area contributed by atoms with Crippen LogP contribution in [-0.4, -0.2) is 26.6 Å². The smallest absolute Gasteiger partial charge is 0.223 e. The van der Waals surface area contributed by atoms with Crippen LogP contribution in [-0.2, 0) is 6.54 Å². The van der Waals surface area contributed by atoms with Crippen molar-refractivity contribution in [1.82, 2.24) is 20.0 Å². The molecular formula is C16H18N4O2. The highest BCUT2D eigenvalue weighted by molar-refractivity contribution is 5.73. The molecule has 0 saturated heterocycles. The van der Waals surface area contributed by atoms with E-state index in [9.17, 15) is 4.79 Å². The first-order chi connectivity index (χ1) is 10.6. The summed E-state index contributed by atoms with van der Waals surface area (Å²) in [4.78, 5) is 15.1. The summed E-state index contributed by atoms with van der Waals surface area (Å²) in [6.45, 7) is 5.06. The predicted molar refractivity (Wildman–Crippen MR) is 84.0 cm³/mol. The normalized spacial score (nSPS) is 11.2. The third-order valence-corrected chi connectivity index (χ3v) is 3.25. The topological polar surface area (TPSA) is 72.8 Å². The van der Waals surface area contributed by atoms with Crippen LogP contribution in [0.2, 0.25) is 0 Å². The summed E-state index contributed by atoms with van der Waals surface area (Å²) < 4.78 is 7.24. The van der Waals surface area contributed by atoms with E-state index >= 15 is 0 Å². The third kappa shape index (κ3) is 3.00. The van der Waals surface area contributed by atoms with Crippen molar-refractivity contribution in [1.29, 1.82) is 0 Å². The van der Waals surface area contributed by atoms with E-state index in [1.165, 1.54) is 0 Å². The van der Waals surface area contributed by atoms with Gasteiger partial charge in [-0.3, -0.25) is 4.79 Å². The van der Waals surface area contributed by atoms with E-state index in [1.807, 2.05) is 38.1 Å². The molecule has 2 heterocycles. The molecular weight excluding hydrogens is 280 g/mol. The van der Waals surface area contributed by atoms with Crippen molar-refractivity contribution < 1.29 is 4.74 Å². The van der Waals surface area contributed by atoms with Gasteiger partial charge in [-0.25, -0.2) is 4.68 Å². The van der Waals surface area contributed by atoms with E-state index in [2.05, 4.69) is 15.3 Å². The number of H-pyrrole nitrogens is 1. The molecule has 0 fully saturated rings. The van der Waals surface area contributed by atoms with Gasteiger partial charge in [0.2, 0.25) is 5.43 Å². The van der Waals surface area contributed by atoms with Crippen LogP contribution in [0.15, 0.2) is 41.3 Å². The quantitative estimate of drug-likeness (QED) is 0.783. The van der Waals surface area contributed by atoms with Crippen molar-refractivity contribution in [2.45, 2.75) is 20.4 Å². The maximum atomic E-state index is 12.1. The van der Waals surface area contributed by atoms with Crippen molar-refractivity contribution in [3.05, 3.63) is 52.4 Å². The molecule has 6 nitrogen and oxygen atoms in total. The van der Waals surface area contributed by atoms with Crippen LogP contribution in [0.3, 0.4) is 0 Å². The number of benzene rings is 1. The first kappa shape index (κ1) is 14.3. The second-order valence-electron chi connectivity index (χ2n) is 5.63. The summed E-state index contributed by atoms with van der Waals surface area (Å²) in [5, 5.41) is 8.22. The van der Waals surface area contributed by atoms with Gasteiger partial charge in [-0.2, -0.15) is 0 Å². The lowest BCUT2D eigenvalue weighted by molar-refractivity contribution is 0.267. The molecule has 0 aliphatic carbocycles. The first-order valence-corrected chi connectivity index (χ1v) is 7.26. The highest BCUT2D eigenvalue weighted by Gasteiger charge is 2.07. The number of rotatable bonds is 5. The summed E-state index contributed by atoms with van der Waals surface area (Å²) in [6.07, 6.45) is 1.61. The molecule has 114 valence electrons. The van der Waals surface area contributed by atoms with Crippen molar-refractivity contribution in [2.24, 2.45) is 5.92 Å². The summed E-state index contributed by atoms with van der Waals surface area (Å²) >= 11 is 0. The van der Waals surface area contributed by atoms with E-state index in [0.29, 0.717) is 24.8 Å². The molecule has 0 bridgehead atoms. The molecule has 1 N–H and O–H groups in total. The molecule has 3 aromatic rings. The Labute approximate surface area is 127 Å². The van der Waals surface area contributed by atoms with E-state index in [-0.39, 0.29) is 5.43 Å². The van der Waals surface area contributed by atoms with Gasteiger partial charge in [-0.05, 0) is 18.1 Å². The Morgan fingerprint density at radius 1 is 1.32 bits per heavy atom. The van der Waals surface area contributed by atoms with Gasteiger partial charge in [0.05, 0.1) is 18.7 Å². The molecule has 3 rings (SSSR count). The summed E-state index contributed by atoms with van der Waals surface area (Å²) in [7, 11) is 0. The van der Waals surface area contributed by atoms with Gasteiger partial charge in [-0.15, -0.1) is 5.10 Å². The Balaban J connectivity index is 1.81. The van der Waals surface area contributed by atoms with Gasteiger partial charge in [-0.1, -0.05) is 31.2 Å². The molecule has 22 heavy (non-hydrogen) atoms. The molecule has 0 amide bonds. The minimum atomic E-state index is -0.126. The van der Waals surface area contributed by atoms with E-state index in [0.717, 1.165) is 16.7 Å². The zero-order chi connectivity index (χ0) is 15.5. The SMILES string of the molecule is CC(C)COc1c[nH]c(Cn2nnc3ccccc32)cc1=O.